The first-order valence-electron chi connectivity index (χ1n) is 5.39. The first-order valence-corrected chi connectivity index (χ1v) is 5.77. The highest BCUT2D eigenvalue weighted by molar-refractivity contribution is 6.29. The van der Waals surface area contributed by atoms with Gasteiger partial charge in [-0.2, -0.15) is 0 Å². The van der Waals surface area contributed by atoms with Crippen molar-refractivity contribution in [1.82, 2.24) is 10.3 Å². The van der Waals surface area contributed by atoms with Crippen molar-refractivity contribution < 1.29 is 0 Å². The van der Waals surface area contributed by atoms with Gasteiger partial charge in [0.15, 0.2) is 0 Å². The lowest BCUT2D eigenvalue weighted by atomic mass is 10.00. The van der Waals surface area contributed by atoms with Gasteiger partial charge >= 0.3 is 0 Å². The number of nitrogens with zero attached hydrogens (tertiary/aromatic N) is 1. The van der Waals surface area contributed by atoms with Crippen LogP contribution >= 0.6 is 11.6 Å². The molecule has 0 bridgehead atoms. The van der Waals surface area contributed by atoms with E-state index in [9.17, 15) is 0 Å². The topological polar surface area (TPSA) is 24.9 Å². The Hall–Kier alpha value is -0.860. The number of halogens is 1. The van der Waals surface area contributed by atoms with Gasteiger partial charge in [0.05, 0.1) is 0 Å². The van der Waals surface area contributed by atoms with E-state index in [-0.39, 0.29) is 0 Å². The molecular weight excluding hydrogens is 208 g/mol. The quantitative estimate of drug-likeness (QED) is 0.736. The lowest BCUT2D eigenvalue weighted by molar-refractivity contribution is 0.553. The lowest BCUT2D eigenvalue weighted by Crippen LogP contribution is -2.20. The molecule has 0 amide bonds. The summed E-state index contributed by atoms with van der Waals surface area (Å²) in [5.41, 5.74) is 2.64. The monoisotopic (exact) mass is 220 g/mol. The molecule has 2 heterocycles. The molecule has 0 radical (unpaired) electrons. The van der Waals surface area contributed by atoms with Crippen LogP contribution in [-0.2, 0) is 0 Å². The van der Waals surface area contributed by atoms with E-state index in [0.29, 0.717) is 11.2 Å². The highest BCUT2D eigenvalue weighted by Gasteiger charge is 2.31. The van der Waals surface area contributed by atoms with E-state index in [0.717, 1.165) is 12.5 Å². The maximum Gasteiger partial charge on any atom is 0.129 e. The van der Waals surface area contributed by atoms with Crippen molar-refractivity contribution in [3.05, 3.63) is 35.1 Å². The molecular formula is C12H13ClN2. The van der Waals surface area contributed by atoms with Crippen LogP contribution in [0.2, 0.25) is 5.15 Å². The van der Waals surface area contributed by atoms with Crippen LogP contribution < -0.4 is 5.32 Å². The van der Waals surface area contributed by atoms with Gasteiger partial charge in [-0.1, -0.05) is 23.7 Å². The molecule has 3 rings (SSSR count). The Morgan fingerprint density at radius 3 is 3.07 bits per heavy atom. The van der Waals surface area contributed by atoms with Gasteiger partial charge in [-0.15, -0.1) is 0 Å². The molecule has 0 unspecified atom stereocenters. The molecule has 3 heteroatoms. The molecule has 1 N–H and O–H groups in total. The average Bonchev–Trinajstić information content (AvgIpc) is 2.78. The number of pyridine rings is 1. The summed E-state index contributed by atoms with van der Waals surface area (Å²) < 4.78 is 0. The molecule has 1 aromatic rings. The molecule has 1 aromatic heterocycles. The fourth-order valence-electron chi connectivity index (χ4n) is 2.55. The van der Waals surface area contributed by atoms with Crippen molar-refractivity contribution in [3.8, 4) is 0 Å². The maximum atomic E-state index is 5.77. The Labute approximate surface area is 94.4 Å². The minimum atomic E-state index is 0.565. The Morgan fingerprint density at radius 2 is 2.33 bits per heavy atom. The second kappa shape index (κ2) is 3.62. The molecule has 1 fully saturated rings. The molecule has 0 spiro atoms. The summed E-state index contributed by atoms with van der Waals surface area (Å²) in [4.78, 5) is 4.12. The van der Waals surface area contributed by atoms with Crippen LogP contribution in [0.15, 0.2) is 24.4 Å². The van der Waals surface area contributed by atoms with Crippen LogP contribution in [0.1, 0.15) is 18.4 Å². The maximum absolute atomic E-state index is 5.77. The standard InChI is InChI=1S/C12H13ClN2/c13-12-2-1-9(7-15-12)10-5-8-3-4-14-11(8)6-10/h1-2,6-8,11,14H,3-5H2/t8-,11+/m1/s1. The minimum absolute atomic E-state index is 0.565. The van der Waals surface area contributed by atoms with Gasteiger partial charge in [-0.25, -0.2) is 4.98 Å². The highest BCUT2D eigenvalue weighted by atomic mass is 35.5. The van der Waals surface area contributed by atoms with Crippen molar-refractivity contribution >= 4 is 17.2 Å². The van der Waals surface area contributed by atoms with Gasteiger partial charge in [0.25, 0.3) is 0 Å². The summed E-state index contributed by atoms with van der Waals surface area (Å²) in [7, 11) is 0. The number of aromatic nitrogens is 1. The molecule has 0 aromatic carbocycles. The van der Waals surface area contributed by atoms with E-state index in [1.54, 1.807) is 0 Å². The van der Waals surface area contributed by atoms with Gasteiger partial charge in [-0.3, -0.25) is 0 Å². The summed E-state index contributed by atoms with van der Waals surface area (Å²) >= 11 is 5.77. The number of rotatable bonds is 1. The second-order valence-electron chi connectivity index (χ2n) is 4.29. The lowest BCUT2D eigenvalue weighted by Gasteiger charge is -2.06. The number of nitrogens with one attached hydrogen (secondary N) is 1. The Morgan fingerprint density at radius 1 is 1.40 bits per heavy atom. The van der Waals surface area contributed by atoms with Gasteiger partial charge in [0, 0.05) is 12.2 Å². The molecule has 1 saturated heterocycles. The summed E-state index contributed by atoms with van der Waals surface area (Å²) in [5, 5.41) is 4.07. The molecule has 2 atom stereocenters. The second-order valence-corrected chi connectivity index (χ2v) is 4.68. The first-order chi connectivity index (χ1) is 7.33. The van der Waals surface area contributed by atoms with E-state index >= 15 is 0 Å². The molecule has 2 nitrogen and oxygen atoms in total. The highest BCUT2D eigenvalue weighted by Crippen LogP contribution is 2.36. The van der Waals surface area contributed by atoms with Crippen LogP contribution in [0.25, 0.3) is 5.57 Å². The average molecular weight is 221 g/mol. The fourth-order valence-corrected chi connectivity index (χ4v) is 2.66. The molecule has 78 valence electrons. The number of hydrogen-bond donors (Lipinski definition) is 1. The zero-order valence-electron chi connectivity index (χ0n) is 8.41. The van der Waals surface area contributed by atoms with Gasteiger partial charge in [-0.05, 0) is 42.5 Å². The van der Waals surface area contributed by atoms with Crippen molar-refractivity contribution in [2.24, 2.45) is 5.92 Å². The first kappa shape index (κ1) is 9.37. The van der Waals surface area contributed by atoms with Gasteiger partial charge < -0.3 is 5.32 Å². The van der Waals surface area contributed by atoms with E-state index in [1.165, 1.54) is 24.0 Å². The van der Waals surface area contributed by atoms with Crippen LogP contribution in [0.4, 0.5) is 0 Å². The summed E-state index contributed by atoms with van der Waals surface area (Å²) in [5.74, 6) is 0.802. The number of allylic oxidation sites excluding steroid dienone is 1. The summed E-state index contributed by atoms with van der Waals surface area (Å²) in [6, 6.07) is 4.51. The van der Waals surface area contributed by atoms with Gasteiger partial charge in [0.1, 0.15) is 5.15 Å². The van der Waals surface area contributed by atoms with Crippen LogP contribution in [-0.4, -0.2) is 17.6 Å². The number of fused-ring (bicyclic) bond motifs is 1. The Kier molecular flexibility index (Phi) is 2.26. The third kappa shape index (κ3) is 1.68. The van der Waals surface area contributed by atoms with Crippen molar-refractivity contribution in [2.45, 2.75) is 18.9 Å². The Bertz CT molecular complexity index is 397. The van der Waals surface area contributed by atoms with Gasteiger partial charge in [0.2, 0.25) is 0 Å². The molecule has 2 aliphatic rings. The molecule has 15 heavy (non-hydrogen) atoms. The smallest absolute Gasteiger partial charge is 0.129 e. The molecule has 1 aliphatic carbocycles. The van der Waals surface area contributed by atoms with Crippen LogP contribution in [0.3, 0.4) is 0 Å². The SMILES string of the molecule is Clc1ccc(C2=C[C@@H]3NCC[C@@H]3C2)cn1. The van der Waals surface area contributed by atoms with Crippen molar-refractivity contribution in [2.75, 3.05) is 6.54 Å². The van der Waals surface area contributed by atoms with E-state index < -0.39 is 0 Å². The predicted octanol–water partition coefficient (Wildman–Crippen LogP) is 2.50. The van der Waals surface area contributed by atoms with E-state index in [4.69, 9.17) is 11.6 Å². The van der Waals surface area contributed by atoms with Crippen molar-refractivity contribution in [3.63, 3.8) is 0 Å². The minimum Gasteiger partial charge on any atom is -0.310 e. The summed E-state index contributed by atoms with van der Waals surface area (Å²) in [6.07, 6.45) is 6.70. The molecule has 0 saturated carbocycles. The molecule has 1 aliphatic heterocycles. The fraction of sp³-hybridized carbons (Fsp3) is 0.417. The zero-order valence-corrected chi connectivity index (χ0v) is 9.17. The van der Waals surface area contributed by atoms with Crippen LogP contribution in [0.5, 0.6) is 0 Å². The van der Waals surface area contributed by atoms with Crippen molar-refractivity contribution in [1.29, 1.82) is 0 Å². The Balaban J connectivity index is 1.87. The third-order valence-electron chi connectivity index (χ3n) is 3.36. The predicted molar refractivity (Wildman–Crippen MR) is 61.7 cm³/mol. The largest absolute Gasteiger partial charge is 0.310 e. The normalized spacial score (nSPS) is 29.0. The van der Waals surface area contributed by atoms with Crippen LogP contribution in [0, 0.1) is 5.92 Å². The summed E-state index contributed by atoms with van der Waals surface area (Å²) in [6.45, 7) is 1.16. The van der Waals surface area contributed by atoms with E-state index in [1.807, 2.05) is 12.3 Å². The van der Waals surface area contributed by atoms with E-state index in [2.05, 4.69) is 22.4 Å². The third-order valence-corrected chi connectivity index (χ3v) is 3.59. The zero-order chi connectivity index (χ0) is 10.3. The number of hydrogen-bond acceptors (Lipinski definition) is 2.